The van der Waals surface area contributed by atoms with Crippen LogP contribution in [0.5, 0.6) is 17.2 Å². The second-order valence-corrected chi connectivity index (χ2v) is 7.17. The fourth-order valence-corrected chi connectivity index (χ4v) is 2.47. The van der Waals surface area contributed by atoms with E-state index in [4.69, 9.17) is 18.9 Å². The minimum absolute atomic E-state index is 0.0311. The van der Waals surface area contributed by atoms with E-state index in [-0.39, 0.29) is 11.5 Å². The first-order valence-corrected chi connectivity index (χ1v) is 8.80. The van der Waals surface area contributed by atoms with Crippen molar-refractivity contribution in [1.29, 1.82) is 0 Å². The van der Waals surface area contributed by atoms with Gasteiger partial charge in [0.2, 0.25) is 0 Å². The van der Waals surface area contributed by atoms with Crippen LogP contribution < -0.4 is 14.2 Å². The predicted molar refractivity (Wildman–Crippen MR) is 105 cm³/mol. The highest BCUT2D eigenvalue weighted by Crippen LogP contribution is 2.35. The van der Waals surface area contributed by atoms with Crippen LogP contribution in [0.2, 0.25) is 0 Å². The third-order valence-corrected chi connectivity index (χ3v) is 3.96. The van der Waals surface area contributed by atoms with E-state index in [1.807, 2.05) is 12.1 Å². The molecule has 0 bridgehead atoms. The Morgan fingerprint density at radius 3 is 2.00 bits per heavy atom. The zero-order valence-electron chi connectivity index (χ0n) is 17.4. The Bertz CT molecular complexity index is 600. The molecule has 1 unspecified atom stereocenters. The molecule has 0 aromatic heterocycles. The summed E-state index contributed by atoms with van der Waals surface area (Å²) in [5.74, 6) is 8.86. The molecule has 0 spiro atoms. The minimum atomic E-state index is -0.0311. The number of methoxy groups -OCH3 is 4. The Morgan fingerprint density at radius 1 is 1.00 bits per heavy atom. The maximum Gasteiger partial charge on any atom is 0.130 e. The molecular weight excluding hydrogens is 330 g/mol. The van der Waals surface area contributed by atoms with Crippen LogP contribution in [-0.2, 0) is 11.3 Å². The van der Waals surface area contributed by atoms with Crippen molar-refractivity contribution in [3.05, 3.63) is 17.7 Å². The summed E-state index contributed by atoms with van der Waals surface area (Å²) in [5.41, 5.74) is 0.938. The van der Waals surface area contributed by atoms with Crippen molar-refractivity contribution in [2.45, 2.75) is 40.3 Å². The summed E-state index contributed by atoms with van der Waals surface area (Å²) in [6.07, 6.45) is 0. The smallest absolute Gasteiger partial charge is 0.130 e. The SMILES string of the molecule is COCCN(Cc1c(OC)cc(OC)cc1OC)C(C)C#CC(C)(C)C. The molecule has 0 aliphatic heterocycles. The zero-order valence-corrected chi connectivity index (χ0v) is 17.4. The lowest BCUT2D eigenvalue weighted by Gasteiger charge is -2.27. The van der Waals surface area contributed by atoms with Crippen molar-refractivity contribution in [3.8, 4) is 29.1 Å². The number of nitrogens with zero attached hydrogens (tertiary/aromatic N) is 1. The molecule has 0 radical (unpaired) electrons. The van der Waals surface area contributed by atoms with Crippen molar-refractivity contribution >= 4 is 0 Å². The van der Waals surface area contributed by atoms with Gasteiger partial charge in [0.25, 0.3) is 0 Å². The molecule has 0 heterocycles. The van der Waals surface area contributed by atoms with Gasteiger partial charge in [0.1, 0.15) is 17.2 Å². The maximum absolute atomic E-state index is 5.58. The monoisotopic (exact) mass is 363 g/mol. The van der Waals surface area contributed by atoms with Gasteiger partial charge < -0.3 is 18.9 Å². The normalized spacial score (nSPS) is 12.3. The quantitative estimate of drug-likeness (QED) is 0.627. The lowest BCUT2D eigenvalue weighted by Crippen LogP contribution is -2.35. The molecule has 5 heteroatoms. The summed E-state index contributed by atoms with van der Waals surface area (Å²) in [7, 11) is 6.64. The van der Waals surface area contributed by atoms with Gasteiger partial charge in [-0.1, -0.05) is 11.8 Å². The Hall–Kier alpha value is -1.90. The summed E-state index contributed by atoms with van der Waals surface area (Å²) in [4.78, 5) is 2.26. The average molecular weight is 363 g/mol. The third-order valence-electron chi connectivity index (χ3n) is 3.96. The lowest BCUT2D eigenvalue weighted by atomic mass is 9.97. The molecule has 0 aliphatic carbocycles. The molecule has 1 atom stereocenters. The van der Waals surface area contributed by atoms with Crippen LogP contribution in [0.1, 0.15) is 33.3 Å². The fourth-order valence-electron chi connectivity index (χ4n) is 2.47. The third kappa shape index (κ3) is 6.78. The molecule has 1 aromatic carbocycles. The van der Waals surface area contributed by atoms with Crippen molar-refractivity contribution in [3.63, 3.8) is 0 Å². The number of rotatable bonds is 9. The standard InChI is InChI=1S/C21H33NO4/c1-16(9-10-21(2,3)4)22(11-12-23-5)15-18-19(25-7)13-17(24-6)14-20(18)26-8/h13-14,16H,11-12,15H2,1-8H3. The number of benzene rings is 1. The summed E-state index contributed by atoms with van der Waals surface area (Å²) in [5, 5.41) is 0. The van der Waals surface area contributed by atoms with Gasteiger partial charge in [0, 0.05) is 37.7 Å². The van der Waals surface area contributed by atoms with E-state index in [1.165, 1.54) is 0 Å². The Morgan fingerprint density at radius 2 is 1.58 bits per heavy atom. The highest BCUT2D eigenvalue weighted by atomic mass is 16.5. The van der Waals surface area contributed by atoms with Gasteiger partial charge in [-0.3, -0.25) is 4.90 Å². The first-order valence-electron chi connectivity index (χ1n) is 8.80. The molecule has 0 N–H and O–H groups in total. The van der Waals surface area contributed by atoms with E-state index < -0.39 is 0 Å². The molecule has 0 amide bonds. The Labute approximate surface area is 158 Å². The zero-order chi connectivity index (χ0) is 19.7. The molecule has 0 saturated carbocycles. The van der Waals surface area contributed by atoms with Crippen LogP contribution in [-0.4, -0.2) is 52.5 Å². The van der Waals surface area contributed by atoms with Crippen LogP contribution in [0.15, 0.2) is 12.1 Å². The first kappa shape index (κ1) is 22.1. The fraction of sp³-hybridized carbons (Fsp3) is 0.619. The summed E-state index contributed by atoms with van der Waals surface area (Å²) < 4.78 is 21.8. The molecule has 0 aliphatic rings. The van der Waals surface area contributed by atoms with Crippen LogP contribution >= 0.6 is 0 Å². The van der Waals surface area contributed by atoms with Crippen molar-refractivity contribution < 1.29 is 18.9 Å². The highest BCUT2D eigenvalue weighted by molar-refractivity contribution is 5.50. The molecule has 1 aromatic rings. The second-order valence-electron chi connectivity index (χ2n) is 7.17. The van der Waals surface area contributed by atoms with E-state index in [0.717, 1.165) is 23.6 Å². The molecule has 146 valence electrons. The number of ether oxygens (including phenoxy) is 4. The topological polar surface area (TPSA) is 40.2 Å². The molecule has 0 fully saturated rings. The van der Waals surface area contributed by atoms with Crippen LogP contribution in [0.4, 0.5) is 0 Å². The minimum Gasteiger partial charge on any atom is -0.496 e. The summed E-state index contributed by atoms with van der Waals surface area (Å²) >= 11 is 0. The Balaban J connectivity index is 3.19. The van der Waals surface area contributed by atoms with Gasteiger partial charge in [-0.05, 0) is 27.7 Å². The van der Waals surface area contributed by atoms with Gasteiger partial charge in [0.15, 0.2) is 0 Å². The second kappa shape index (κ2) is 10.3. The Kier molecular flexibility index (Phi) is 8.77. The number of hydrogen-bond donors (Lipinski definition) is 0. The molecule has 0 saturated heterocycles. The van der Waals surface area contributed by atoms with Gasteiger partial charge in [-0.15, -0.1) is 0 Å². The van der Waals surface area contributed by atoms with E-state index >= 15 is 0 Å². The predicted octanol–water partition coefficient (Wildman–Crippen LogP) is 3.60. The van der Waals surface area contributed by atoms with E-state index in [2.05, 4.69) is 44.4 Å². The van der Waals surface area contributed by atoms with E-state index in [1.54, 1.807) is 28.4 Å². The van der Waals surface area contributed by atoms with Crippen molar-refractivity contribution in [2.24, 2.45) is 5.41 Å². The largest absolute Gasteiger partial charge is 0.496 e. The van der Waals surface area contributed by atoms with E-state index in [0.29, 0.717) is 18.9 Å². The van der Waals surface area contributed by atoms with Gasteiger partial charge in [-0.2, -0.15) is 0 Å². The molecular formula is C21H33NO4. The first-order chi connectivity index (χ1) is 12.3. The average Bonchev–Trinajstić information content (AvgIpc) is 2.61. The summed E-state index contributed by atoms with van der Waals surface area (Å²) in [6.45, 7) is 10.5. The number of hydrogen-bond acceptors (Lipinski definition) is 5. The van der Waals surface area contributed by atoms with Gasteiger partial charge in [-0.25, -0.2) is 0 Å². The van der Waals surface area contributed by atoms with Gasteiger partial charge in [0.05, 0.1) is 39.5 Å². The molecule has 1 rings (SSSR count). The van der Waals surface area contributed by atoms with Crippen LogP contribution in [0.3, 0.4) is 0 Å². The highest BCUT2D eigenvalue weighted by Gasteiger charge is 2.20. The van der Waals surface area contributed by atoms with E-state index in [9.17, 15) is 0 Å². The van der Waals surface area contributed by atoms with Crippen molar-refractivity contribution in [1.82, 2.24) is 4.90 Å². The van der Waals surface area contributed by atoms with Crippen molar-refractivity contribution in [2.75, 3.05) is 41.6 Å². The lowest BCUT2D eigenvalue weighted by molar-refractivity contribution is 0.133. The molecule has 5 nitrogen and oxygen atoms in total. The van der Waals surface area contributed by atoms with Crippen LogP contribution in [0, 0.1) is 17.3 Å². The molecule has 26 heavy (non-hydrogen) atoms. The maximum atomic E-state index is 5.58. The van der Waals surface area contributed by atoms with Gasteiger partial charge >= 0.3 is 0 Å². The summed E-state index contributed by atoms with van der Waals surface area (Å²) in [6, 6.07) is 3.82. The van der Waals surface area contributed by atoms with Crippen LogP contribution in [0.25, 0.3) is 0 Å².